The molecule has 182 valence electrons. The summed E-state index contributed by atoms with van der Waals surface area (Å²) in [6.45, 7) is 3.40. The van der Waals surface area contributed by atoms with Crippen LogP contribution in [0.25, 0.3) is 0 Å². The lowest BCUT2D eigenvalue weighted by molar-refractivity contribution is 0.0980. The fourth-order valence-electron chi connectivity index (χ4n) is 4.37. The molecule has 0 spiro atoms. The molecule has 0 aromatic heterocycles. The summed E-state index contributed by atoms with van der Waals surface area (Å²) in [4.78, 5) is 14.9. The fraction of sp³-hybridized carbons (Fsp3) is 0.500. The minimum absolute atomic E-state index is 0.127. The number of rotatable bonds is 9. The van der Waals surface area contributed by atoms with Crippen molar-refractivity contribution in [1.29, 1.82) is 0 Å². The van der Waals surface area contributed by atoms with Crippen molar-refractivity contribution in [2.45, 2.75) is 56.2 Å². The average molecular weight is 568 g/mol. The molecular formula is C26H29BrClFN2O2S. The highest BCUT2D eigenvalue weighted by atomic mass is 79.9. The molecule has 3 fully saturated rings. The maximum Gasteiger partial charge on any atom is 0.264 e. The average Bonchev–Trinajstić information content (AvgIpc) is 3.73. The highest BCUT2D eigenvalue weighted by molar-refractivity contribution is 9.10. The van der Waals surface area contributed by atoms with E-state index in [9.17, 15) is 9.18 Å². The van der Waals surface area contributed by atoms with Gasteiger partial charge in [0, 0.05) is 27.4 Å². The van der Waals surface area contributed by atoms with Crippen LogP contribution in [0.4, 0.5) is 4.39 Å². The molecule has 5 rings (SSSR count). The van der Waals surface area contributed by atoms with E-state index in [4.69, 9.17) is 16.3 Å². The summed E-state index contributed by atoms with van der Waals surface area (Å²) >= 11 is 11.2. The highest BCUT2D eigenvalue weighted by Crippen LogP contribution is 2.45. The van der Waals surface area contributed by atoms with E-state index in [2.05, 4.69) is 31.6 Å². The van der Waals surface area contributed by atoms with Crippen molar-refractivity contribution in [2.24, 2.45) is 5.92 Å². The van der Waals surface area contributed by atoms with Crippen LogP contribution in [0, 0.1) is 11.7 Å². The molecule has 0 atom stereocenters. The van der Waals surface area contributed by atoms with Crippen LogP contribution in [-0.2, 0) is 6.54 Å². The number of nitrogens with zero attached hydrogens (tertiary/aromatic N) is 1. The third-order valence-corrected chi connectivity index (χ3v) is 8.75. The Morgan fingerprint density at radius 1 is 1.15 bits per heavy atom. The second-order valence-electron chi connectivity index (χ2n) is 9.66. The Morgan fingerprint density at radius 3 is 2.59 bits per heavy atom. The molecule has 34 heavy (non-hydrogen) atoms. The number of nitrogens with one attached hydrogen (secondary N) is 1. The van der Waals surface area contributed by atoms with E-state index in [1.54, 1.807) is 6.07 Å². The van der Waals surface area contributed by atoms with Gasteiger partial charge >= 0.3 is 0 Å². The van der Waals surface area contributed by atoms with Gasteiger partial charge in [-0.3, -0.25) is 14.4 Å². The topological polar surface area (TPSA) is 41.6 Å². The van der Waals surface area contributed by atoms with Crippen molar-refractivity contribution in [3.8, 4) is 5.75 Å². The molecule has 3 aliphatic rings. The quantitative estimate of drug-likeness (QED) is 0.333. The Bertz CT molecular complexity index is 1060. The number of ether oxygens (including phenoxy) is 1. The second-order valence-corrected chi connectivity index (χ2v) is 12.1. The van der Waals surface area contributed by atoms with Crippen LogP contribution in [-0.4, -0.2) is 35.8 Å². The van der Waals surface area contributed by atoms with E-state index in [1.165, 1.54) is 18.0 Å². The molecular weight excluding hydrogens is 539 g/mol. The number of carbonyl (C=O) groups excluding carboxylic acids is 1. The predicted molar refractivity (Wildman–Crippen MR) is 139 cm³/mol. The lowest BCUT2D eigenvalue weighted by atomic mass is 9.97. The van der Waals surface area contributed by atoms with Crippen molar-refractivity contribution in [1.82, 2.24) is 9.62 Å². The molecule has 0 bridgehead atoms. The summed E-state index contributed by atoms with van der Waals surface area (Å²) in [6, 6.07) is 9.18. The van der Waals surface area contributed by atoms with Crippen LogP contribution in [0.5, 0.6) is 5.75 Å². The highest BCUT2D eigenvalue weighted by Gasteiger charge is 2.31. The van der Waals surface area contributed by atoms with Crippen LogP contribution >= 0.6 is 39.5 Å². The molecule has 1 heterocycles. The summed E-state index contributed by atoms with van der Waals surface area (Å²) in [5, 5.41) is 1.27. The molecule has 2 saturated carbocycles. The minimum Gasteiger partial charge on any atom is -0.493 e. The number of amides is 1. The first-order valence-electron chi connectivity index (χ1n) is 12.0. The van der Waals surface area contributed by atoms with Crippen LogP contribution in [0.15, 0.2) is 34.8 Å². The Balaban J connectivity index is 1.16. The summed E-state index contributed by atoms with van der Waals surface area (Å²) in [5.41, 5.74) is 2.25. The Morgan fingerprint density at radius 2 is 1.91 bits per heavy atom. The number of hydrogen-bond acceptors (Lipinski definition) is 4. The van der Waals surface area contributed by atoms with Gasteiger partial charge in [-0.25, -0.2) is 4.39 Å². The van der Waals surface area contributed by atoms with Crippen molar-refractivity contribution < 1.29 is 13.9 Å². The minimum atomic E-state index is -0.505. The third kappa shape index (κ3) is 6.28. The number of likely N-dealkylation sites (tertiary alicyclic amines) is 1. The van der Waals surface area contributed by atoms with E-state index in [0.717, 1.165) is 78.8 Å². The van der Waals surface area contributed by atoms with Crippen molar-refractivity contribution in [2.75, 3.05) is 19.7 Å². The molecule has 1 N–H and O–H groups in total. The van der Waals surface area contributed by atoms with E-state index < -0.39 is 5.82 Å². The van der Waals surface area contributed by atoms with Gasteiger partial charge in [0.25, 0.3) is 5.91 Å². The molecule has 1 amide bonds. The van der Waals surface area contributed by atoms with Crippen LogP contribution in [0.3, 0.4) is 0 Å². The maximum absolute atomic E-state index is 14.8. The molecule has 2 aliphatic carbocycles. The number of piperidine rings is 1. The van der Waals surface area contributed by atoms with Crippen LogP contribution in [0.1, 0.15) is 65.9 Å². The normalized spacial score (nSPS) is 19.3. The number of hydrogen-bond donors (Lipinski definition) is 1. The summed E-state index contributed by atoms with van der Waals surface area (Å²) in [6.07, 6.45) is 6.44. The fourth-order valence-corrected chi connectivity index (χ4v) is 5.86. The predicted octanol–water partition coefficient (Wildman–Crippen LogP) is 6.95. The van der Waals surface area contributed by atoms with E-state index in [1.807, 2.05) is 12.1 Å². The first-order chi connectivity index (χ1) is 16.5. The summed E-state index contributed by atoms with van der Waals surface area (Å²) in [5.74, 6) is 0.562. The van der Waals surface area contributed by atoms with E-state index in [0.29, 0.717) is 29.4 Å². The van der Waals surface area contributed by atoms with Crippen molar-refractivity contribution >= 4 is 45.4 Å². The van der Waals surface area contributed by atoms with Gasteiger partial charge in [-0.1, -0.05) is 33.6 Å². The number of benzene rings is 2. The molecule has 4 nitrogen and oxygen atoms in total. The first kappa shape index (κ1) is 24.4. The van der Waals surface area contributed by atoms with Gasteiger partial charge < -0.3 is 4.74 Å². The van der Waals surface area contributed by atoms with Crippen LogP contribution < -0.4 is 9.46 Å². The van der Waals surface area contributed by atoms with E-state index >= 15 is 0 Å². The summed E-state index contributed by atoms with van der Waals surface area (Å²) < 4.78 is 24.8. The molecule has 1 saturated heterocycles. The standard InChI is InChI=1S/C26H29BrClFN2O2S/c27-19-4-3-18(23(28)11-19)14-31-9-7-16(8-10-31)15-33-25-13-24(29)22(12-21(25)17-1-2-17)26(32)30-34-20-5-6-20/h3-4,11-13,16-17,20H,1-2,5-10,14-15H2,(H,30,32). The molecule has 0 unspecified atom stereocenters. The SMILES string of the molecule is O=C(NSC1CC1)c1cc(C2CC2)c(OCC2CCN(Cc3ccc(Br)cc3Cl)CC2)cc1F. The van der Waals surface area contributed by atoms with Gasteiger partial charge in [0.15, 0.2) is 0 Å². The Labute approximate surface area is 218 Å². The number of halogens is 3. The zero-order valence-electron chi connectivity index (χ0n) is 19.0. The van der Waals surface area contributed by atoms with Gasteiger partial charge in [0.2, 0.25) is 0 Å². The van der Waals surface area contributed by atoms with Crippen molar-refractivity contribution in [3.05, 3.63) is 62.3 Å². The van der Waals surface area contributed by atoms with E-state index in [-0.39, 0.29) is 11.5 Å². The monoisotopic (exact) mass is 566 g/mol. The van der Waals surface area contributed by atoms with Gasteiger partial charge in [0.05, 0.1) is 12.2 Å². The first-order valence-corrected chi connectivity index (χ1v) is 14.1. The number of carbonyl (C=O) groups is 1. The molecule has 2 aromatic rings. The smallest absolute Gasteiger partial charge is 0.264 e. The Hall–Kier alpha value is -1.28. The van der Waals surface area contributed by atoms with Gasteiger partial charge in [-0.05, 0) is 105 Å². The van der Waals surface area contributed by atoms with Crippen molar-refractivity contribution in [3.63, 3.8) is 0 Å². The lowest BCUT2D eigenvalue weighted by Gasteiger charge is -2.32. The molecule has 8 heteroatoms. The largest absolute Gasteiger partial charge is 0.493 e. The zero-order chi connectivity index (χ0) is 23.7. The molecule has 1 aliphatic heterocycles. The summed E-state index contributed by atoms with van der Waals surface area (Å²) in [7, 11) is 0. The second kappa shape index (κ2) is 10.8. The molecule has 0 radical (unpaired) electrons. The van der Waals surface area contributed by atoms with Gasteiger partial charge in [0.1, 0.15) is 11.6 Å². The maximum atomic E-state index is 14.8. The third-order valence-electron chi connectivity index (χ3n) is 6.79. The van der Waals surface area contributed by atoms with Gasteiger partial charge in [-0.15, -0.1) is 0 Å². The zero-order valence-corrected chi connectivity index (χ0v) is 22.2. The Kier molecular flexibility index (Phi) is 7.73. The van der Waals surface area contributed by atoms with Gasteiger partial charge in [-0.2, -0.15) is 0 Å². The lowest BCUT2D eigenvalue weighted by Crippen LogP contribution is -2.35. The van der Waals surface area contributed by atoms with Crippen LogP contribution in [0.2, 0.25) is 5.02 Å². The molecule has 2 aromatic carbocycles.